The number of hydrogen-bond donors (Lipinski definition) is 0. The minimum Gasteiger partial charge on any atom is -0.378 e. The molecule has 1 atom stereocenters. The highest BCUT2D eigenvalue weighted by Gasteiger charge is 2.39. The molecule has 0 aromatic carbocycles. The van der Waals surface area contributed by atoms with E-state index in [2.05, 4.69) is 13.8 Å². The van der Waals surface area contributed by atoms with Crippen molar-refractivity contribution in [1.82, 2.24) is 0 Å². The fraction of sp³-hybridized carbons (Fsp3) is 1.00. The zero-order valence-electron chi connectivity index (χ0n) is 15.3. The molecule has 132 valence electrons. The van der Waals surface area contributed by atoms with E-state index in [0.29, 0.717) is 0 Å². The van der Waals surface area contributed by atoms with Gasteiger partial charge in [-0.15, -0.1) is 0 Å². The molecule has 0 aromatic heterocycles. The minimum absolute atomic E-state index is 0.0655. The molecule has 0 aliphatic carbocycles. The average molecular weight is 313 g/mol. The molecule has 0 spiro atoms. The maximum absolute atomic E-state index is 5.64. The first-order chi connectivity index (χ1) is 10.8. The van der Waals surface area contributed by atoms with Crippen LogP contribution in [0.3, 0.4) is 0 Å². The fourth-order valence-electron chi connectivity index (χ4n) is 2.89. The molecule has 0 aromatic rings. The van der Waals surface area contributed by atoms with Crippen molar-refractivity contribution < 1.29 is 9.47 Å². The SMILES string of the molecule is CCCCCCCCCCCCCCCCOCC1(C)CO1. The lowest BCUT2D eigenvalue weighted by Gasteiger charge is -2.06. The molecule has 2 nitrogen and oxygen atoms in total. The summed E-state index contributed by atoms with van der Waals surface area (Å²) in [5, 5.41) is 0. The van der Waals surface area contributed by atoms with Crippen molar-refractivity contribution in [3.63, 3.8) is 0 Å². The Labute approximate surface area is 139 Å². The summed E-state index contributed by atoms with van der Waals surface area (Å²) in [6.07, 6.45) is 19.8. The van der Waals surface area contributed by atoms with E-state index in [9.17, 15) is 0 Å². The summed E-state index contributed by atoms with van der Waals surface area (Å²) in [7, 11) is 0. The lowest BCUT2D eigenvalue weighted by atomic mass is 10.0. The molecule has 1 rings (SSSR count). The van der Waals surface area contributed by atoms with E-state index in [1.54, 1.807) is 0 Å². The van der Waals surface area contributed by atoms with Crippen LogP contribution >= 0.6 is 0 Å². The van der Waals surface area contributed by atoms with Crippen LogP contribution < -0.4 is 0 Å². The monoisotopic (exact) mass is 312 g/mol. The van der Waals surface area contributed by atoms with Gasteiger partial charge in [-0.25, -0.2) is 0 Å². The van der Waals surface area contributed by atoms with Crippen LogP contribution in [-0.4, -0.2) is 25.4 Å². The second-order valence-corrected chi connectivity index (χ2v) is 7.39. The molecule has 1 aliphatic heterocycles. The number of rotatable bonds is 17. The van der Waals surface area contributed by atoms with Crippen molar-refractivity contribution >= 4 is 0 Å². The largest absolute Gasteiger partial charge is 0.378 e. The zero-order valence-corrected chi connectivity index (χ0v) is 15.3. The standard InChI is InChI=1S/C20H40O2/c1-3-4-5-6-7-8-9-10-11-12-13-14-15-16-17-21-18-20(2)19-22-20/h3-19H2,1-2H3. The molecular weight excluding hydrogens is 272 g/mol. The van der Waals surface area contributed by atoms with E-state index >= 15 is 0 Å². The Morgan fingerprint density at radius 1 is 0.727 bits per heavy atom. The number of hydrogen-bond acceptors (Lipinski definition) is 2. The lowest BCUT2D eigenvalue weighted by molar-refractivity contribution is 0.0825. The molecule has 0 N–H and O–H groups in total. The summed E-state index contributed by atoms with van der Waals surface area (Å²) < 4.78 is 10.9. The third-order valence-corrected chi connectivity index (χ3v) is 4.69. The number of ether oxygens (including phenoxy) is 2. The second-order valence-electron chi connectivity index (χ2n) is 7.39. The van der Waals surface area contributed by atoms with E-state index in [-0.39, 0.29) is 5.60 Å². The molecule has 1 saturated heterocycles. The zero-order chi connectivity index (χ0) is 15.9. The van der Waals surface area contributed by atoms with Gasteiger partial charge in [0.05, 0.1) is 13.2 Å². The quantitative estimate of drug-likeness (QED) is 0.233. The highest BCUT2D eigenvalue weighted by atomic mass is 16.6. The van der Waals surface area contributed by atoms with Gasteiger partial charge >= 0.3 is 0 Å². The number of epoxide rings is 1. The normalized spacial score (nSPS) is 20.5. The molecule has 2 heteroatoms. The predicted octanol–water partition coefficient (Wildman–Crippen LogP) is 6.27. The third-order valence-electron chi connectivity index (χ3n) is 4.69. The highest BCUT2D eigenvalue weighted by Crippen LogP contribution is 2.25. The second kappa shape index (κ2) is 13.4. The van der Waals surface area contributed by atoms with Gasteiger partial charge in [0.1, 0.15) is 5.60 Å². The molecule has 1 unspecified atom stereocenters. The first-order valence-corrected chi connectivity index (χ1v) is 9.98. The first kappa shape index (κ1) is 20.0. The molecule has 1 heterocycles. The fourth-order valence-corrected chi connectivity index (χ4v) is 2.89. The van der Waals surface area contributed by atoms with Crippen molar-refractivity contribution in [2.45, 2.75) is 109 Å². The Hall–Kier alpha value is -0.0800. The van der Waals surface area contributed by atoms with Crippen molar-refractivity contribution in [2.75, 3.05) is 19.8 Å². The molecule has 22 heavy (non-hydrogen) atoms. The summed E-state index contributed by atoms with van der Waals surface area (Å²) >= 11 is 0. The van der Waals surface area contributed by atoms with Crippen LogP contribution in [-0.2, 0) is 9.47 Å². The van der Waals surface area contributed by atoms with Gasteiger partial charge in [-0.05, 0) is 13.3 Å². The summed E-state index contributed by atoms with van der Waals surface area (Å²) in [4.78, 5) is 0. The summed E-state index contributed by atoms with van der Waals surface area (Å²) in [6.45, 7) is 6.99. The van der Waals surface area contributed by atoms with Crippen LogP contribution in [0.4, 0.5) is 0 Å². The van der Waals surface area contributed by atoms with Gasteiger partial charge in [0.25, 0.3) is 0 Å². The molecule has 1 aliphatic rings. The molecule has 0 bridgehead atoms. The van der Waals surface area contributed by atoms with E-state index in [1.807, 2.05) is 0 Å². The molecular formula is C20H40O2. The third kappa shape index (κ3) is 12.5. The van der Waals surface area contributed by atoms with Gasteiger partial charge in [-0.2, -0.15) is 0 Å². The average Bonchev–Trinajstić information content (AvgIpc) is 3.25. The van der Waals surface area contributed by atoms with Gasteiger partial charge in [-0.3, -0.25) is 0 Å². The Morgan fingerprint density at radius 3 is 1.55 bits per heavy atom. The van der Waals surface area contributed by atoms with Crippen LogP contribution in [0, 0.1) is 0 Å². The summed E-state index contributed by atoms with van der Waals surface area (Å²) in [6, 6.07) is 0. The van der Waals surface area contributed by atoms with Crippen LogP contribution in [0.1, 0.15) is 104 Å². The van der Waals surface area contributed by atoms with Gasteiger partial charge in [-0.1, -0.05) is 90.4 Å². The van der Waals surface area contributed by atoms with Gasteiger partial charge in [0.15, 0.2) is 0 Å². The van der Waals surface area contributed by atoms with Crippen molar-refractivity contribution in [3.8, 4) is 0 Å². The first-order valence-electron chi connectivity index (χ1n) is 9.98. The van der Waals surface area contributed by atoms with E-state index < -0.39 is 0 Å². The van der Waals surface area contributed by atoms with Gasteiger partial charge in [0, 0.05) is 6.61 Å². The highest BCUT2D eigenvalue weighted by molar-refractivity contribution is 4.86. The van der Waals surface area contributed by atoms with E-state index in [0.717, 1.165) is 19.8 Å². The van der Waals surface area contributed by atoms with Crippen LogP contribution in [0.15, 0.2) is 0 Å². The molecule has 0 saturated carbocycles. The maximum atomic E-state index is 5.64. The van der Waals surface area contributed by atoms with Crippen LogP contribution in [0.2, 0.25) is 0 Å². The van der Waals surface area contributed by atoms with Gasteiger partial charge < -0.3 is 9.47 Å². The Bertz CT molecular complexity index is 236. The minimum atomic E-state index is 0.0655. The lowest BCUT2D eigenvalue weighted by Crippen LogP contribution is -2.14. The topological polar surface area (TPSA) is 21.8 Å². The van der Waals surface area contributed by atoms with Gasteiger partial charge in [0.2, 0.25) is 0 Å². The summed E-state index contributed by atoms with van der Waals surface area (Å²) in [5.74, 6) is 0. The van der Waals surface area contributed by atoms with E-state index in [4.69, 9.17) is 9.47 Å². The van der Waals surface area contributed by atoms with E-state index in [1.165, 1.54) is 89.9 Å². The van der Waals surface area contributed by atoms with Crippen LogP contribution in [0.5, 0.6) is 0 Å². The molecule has 0 radical (unpaired) electrons. The Morgan fingerprint density at radius 2 is 1.14 bits per heavy atom. The maximum Gasteiger partial charge on any atom is 0.112 e. The van der Waals surface area contributed by atoms with Crippen molar-refractivity contribution in [2.24, 2.45) is 0 Å². The number of unbranched alkanes of at least 4 members (excludes halogenated alkanes) is 13. The van der Waals surface area contributed by atoms with Crippen molar-refractivity contribution in [3.05, 3.63) is 0 Å². The Kier molecular flexibility index (Phi) is 12.1. The predicted molar refractivity (Wildman–Crippen MR) is 95.5 cm³/mol. The van der Waals surface area contributed by atoms with Crippen molar-refractivity contribution in [1.29, 1.82) is 0 Å². The van der Waals surface area contributed by atoms with Crippen LogP contribution in [0.25, 0.3) is 0 Å². The smallest absolute Gasteiger partial charge is 0.112 e. The molecule has 0 amide bonds. The summed E-state index contributed by atoms with van der Waals surface area (Å²) in [5.41, 5.74) is 0.0655. The Balaban J connectivity index is 1.63. The molecule has 1 fully saturated rings.